The van der Waals surface area contributed by atoms with Crippen molar-refractivity contribution in [2.45, 2.75) is 18.9 Å². The molecule has 6 heteroatoms. The van der Waals surface area contributed by atoms with Gasteiger partial charge in [-0.3, -0.25) is 9.69 Å². The second kappa shape index (κ2) is 7.85. The zero-order valence-electron chi connectivity index (χ0n) is 13.7. The van der Waals surface area contributed by atoms with E-state index in [0.29, 0.717) is 10.6 Å². The summed E-state index contributed by atoms with van der Waals surface area (Å²) in [5.74, 6) is -0.849. The Kier molecular flexibility index (Phi) is 5.56. The minimum absolute atomic E-state index is 0.0818. The predicted molar refractivity (Wildman–Crippen MR) is 95.4 cm³/mol. The van der Waals surface area contributed by atoms with Gasteiger partial charge in [-0.2, -0.15) is 0 Å². The van der Waals surface area contributed by atoms with Gasteiger partial charge in [0.1, 0.15) is 11.6 Å². The summed E-state index contributed by atoms with van der Waals surface area (Å²) in [6.45, 7) is 1.89. The highest BCUT2D eigenvalue weighted by Crippen LogP contribution is 2.32. The van der Waals surface area contributed by atoms with Crippen LogP contribution in [-0.2, 0) is 0 Å². The summed E-state index contributed by atoms with van der Waals surface area (Å²) < 4.78 is 14.4. The number of hydrogen-bond donors (Lipinski definition) is 2. The van der Waals surface area contributed by atoms with E-state index in [-0.39, 0.29) is 29.7 Å². The second-order valence-corrected chi connectivity index (χ2v) is 6.53. The van der Waals surface area contributed by atoms with Crippen LogP contribution in [0.3, 0.4) is 0 Å². The van der Waals surface area contributed by atoms with Crippen molar-refractivity contribution in [1.82, 2.24) is 10.2 Å². The van der Waals surface area contributed by atoms with Crippen molar-refractivity contribution in [3.63, 3.8) is 0 Å². The molecule has 0 bridgehead atoms. The average Bonchev–Trinajstić information content (AvgIpc) is 3.12. The molecule has 1 amide bonds. The van der Waals surface area contributed by atoms with E-state index in [9.17, 15) is 14.3 Å². The normalized spacial score (nSPS) is 15.9. The lowest BCUT2D eigenvalue weighted by Gasteiger charge is -2.29. The Morgan fingerprint density at radius 3 is 2.60 bits per heavy atom. The third-order valence-corrected chi connectivity index (χ3v) is 4.85. The van der Waals surface area contributed by atoms with Crippen molar-refractivity contribution in [3.05, 3.63) is 64.4 Å². The monoisotopic (exact) mass is 362 g/mol. The lowest BCUT2D eigenvalue weighted by atomic mass is 10.0. The van der Waals surface area contributed by atoms with E-state index in [1.807, 2.05) is 0 Å². The topological polar surface area (TPSA) is 52.6 Å². The molecule has 3 rings (SSSR count). The molecule has 1 aliphatic rings. The van der Waals surface area contributed by atoms with Crippen LogP contribution >= 0.6 is 11.6 Å². The van der Waals surface area contributed by atoms with Crippen LogP contribution in [0.15, 0.2) is 42.5 Å². The van der Waals surface area contributed by atoms with E-state index in [4.69, 9.17) is 11.6 Å². The molecule has 0 spiro atoms. The number of benzene rings is 2. The van der Waals surface area contributed by atoms with Crippen molar-refractivity contribution in [3.8, 4) is 5.75 Å². The van der Waals surface area contributed by atoms with Crippen molar-refractivity contribution in [2.24, 2.45) is 0 Å². The van der Waals surface area contributed by atoms with E-state index in [1.165, 1.54) is 12.1 Å². The van der Waals surface area contributed by atoms with Gasteiger partial charge in [0.25, 0.3) is 5.91 Å². The van der Waals surface area contributed by atoms with E-state index in [2.05, 4.69) is 10.2 Å². The number of nitrogens with one attached hydrogen (secondary N) is 1. The Balaban J connectivity index is 1.81. The number of phenols is 1. The third-order valence-electron chi connectivity index (χ3n) is 4.52. The number of amides is 1. The minimum Gasteiger partial charge on any atom is -0.507 e. The van der Waals surface area contributed by atoms with Crippen molar-refractivity contribution in [1.29, 1.82) is 0 Å². The fraction of sp³-hybridized carbons (Fsp3) is 0.316. The van der Waals surface area contributed by atoms with Crippen LogP contribution in [-0.4, -0.2) is 35.5 Å². The first-order valence-electron chi connectivity index (χ1n) is 8.32. The number of halogens is 2. The molecular formula is C19H20ClFN2O2. The highest BCUT2D eigenvalue weighted by Gasteiger charge is 2.28. The number of para-hydroxylation sites is 1. The number of likely N-dealkylation sites (tertiary alicyclic amines) is 1. The van der Waals surface area contributed by atoms with Crippen LogP contribution in [0.5, 0.6) is 5.75 Å². The van der Waals surface area contributed by atoms with Crippen molar-refractivity contribution < 1.29 is 14.3 Å². The summed E-state index contributed by atoms with van der Waals surface area (Å²) in [6, 6.07) is 10.6. The molecule has 25 heavy (non-hydrogen) atoms. The molecule has 1 fully saturated rings. The molecule has 1 atom stereocenters. The number of hydrogen-bond acceptors (Lipinski definition) is 3. The third kappa shape index (κ3) is 3.94. The Morgan fingerprint density at radius 1 is 1.20 bits per heavy atom. The van der Waals surface area contributed by atoms with Gasteiger partial charge in [-0.1, -0.05) is 29.8 Å². The predicted octanol–water partition coefficient (Wildman–Crippen LogP) is 3.75. The molecule has 0 saturated carbocycles. The number of carbonyl (C=O) groups is 1. The lowest BCUT2D eigenvalue weighted by Crippen LogP contribution is -2.37. The lowest BCUT2D eigenvalue weighted by molar-refractivity contribution is 0.0934. The van der Waals surface area contributed by atoms with Gasteiger partial charge >= 0.3 is 0 Å². The van der Waals surface area contributed by atoms with Crippen LogP contribution in [0.25, 0.3) is 0 Å². The SMILES string of the molecule is O=C(NCC(c1c(F)cccc1Cl)N1CCCC1)c1ccccc1O. The number of nitrogens with zero attached hydrogens (tertiary/aromatic N) is 1. The molecular weight excluding hydrogens is 343 g/mol. The molecule has 1 aliphatic heterocycles. The molecule has 2 aromatic rings. The highest BCUT2D eigenvalue weighted by molar-refractivity contribution is 6.31. The first kappa shape index (κ1) is 17.7. The van der Waals surface area contributed by atoms with E-state index in [1.54, 1.807) is 30.3 Å². The summed E-state index contributed by atoms with van der Waals surface area (Å²) in [7, 11) is 0. The molecule has 1 heterocycles. The van der Waals surface area contributed by atoms with Crippen LogP contribution in [0.4, 0.5) is 4.39 Å². The summed E-state index contributed by atoms with van der Waals surface area (Å²) in [5, 5.41) is 13.0. The van der Waals surface area contributed by atoms with Crippen LogP contribution in [0.1, 0.15) is 34.8 Å². The summed E-state index contributed by atoms with van der Waals surface area (Å²) in [4.78, 5) is 14.5. The first-order chi connectivity index (χ1) is 12.1. The Morgan fingerprint density at radius 2 is 1.92 bits per heavy atom. The fourth-order valence-corrected chi connectivity index (χ4v) is 3.54. The fourth-order valence-electron chi connectivity index (χ4n) is 3.25. The van der Waals surface area contributed by atoms with Gasteiger partial charge in [-0.15, -0.1) is 0 Å². The Hall–Kier alpha value is -2.11. The molecule has 0 aliphatic carbocycles. The van der Waals surface area contributed by atoms with Gasteiger partial charge in [0.05, 0.1) is 11.6 Å². The summed E-state index contributed by atoms with van der Waals surface area (Å²) >= 11 is 6.24. The zero-order chi connectivity index (χ0) is 17.8. The molecule has 132 valence electrons. The number of phenolic OH excluding ortho intramolecular Hbond substituents is 1. The smallest absolute Gasteiger partial charge is 0.255 e. The van der Waals surface area contributed by atoms with Gasteiger partial charge in [0.15, 0.2) is 0 Å². The van der Waals surface area contributed by atoms with E-state index >= 15 is 0 Å². The van der Waals surface area contributed by atoms with E-state index in [0.717, 1.165) is 25.9 Å². The van der Waals surface area contributed by atoms with Crippen molar-refractivity contribution in [2.75, 3.05) is 19.6 Å². The second-order valence-electron chi connectivity index (χ2n) is 6.12. The summed E-state index contributed by atoms with van der Waals surface area (Å²) in [6.07, 6.45) is 2.08. The Labute approximate surface area is 151 Å². The average molecular weight is 363 g/mol. The Bertz CT molecular complexity index is 743. The molecule has 4 nitrogen and oxygen atoms in total. The number of carbonyl (C=O) groups excluding carboxylic acids is 1. The maximum Gasteiger partial charge on any atom is 0.255 e. The molecule has 0 aromatic heterocycles. The maximum absolute atomic E-state index is 14.4. The quantitative estimate of drug-likeness (QED) is 0.851. The number of rotatable bonds is 5. The van der Waals surface area contributed by atoms with Gasteiger partial charge in [0, 0.05) is 17.1 Å². The van der Waals surface area contributed by atoms with Crippen LogP contribution in [0.2, 0.25) is 5.02 Å². The van der Waals surface area contributed by atoms with Gasteiger partial charge in [-0.05, 0) is 50.2 Å². The van der Waals surface area contributed by atoms with Gasteiger partial charge < -0.3 is 10.4 Å². The number of aromatic hydroxyl groups is 1. The van der Waals surface area contributed by atoms with Gasteiger partial charge in [-0.25, -0.2) is 4.39 Å². The minimum atomic E-state index is -0.394. The largest absolute Gasteiger partial charge is 0.507 e. The molecule has 1 saturated heterocycles. The van der Waals surface area contributed by atoms with Crippen LogP contribution in [0, 0.1) is 5.82 Å². The molecule has 0 radical (unpaired) electrons. The van der Waals surface area contributed by atoms with Crippen LogP contribution < -0.4 is 5.32 Å². The van der Waals surface area contributed by atoms with E-state index < -0.39 is 5.91 Å². The highest BCUT2D eigenvalue weighted by atomic mass is 35.5. The van der Waals surface area contributed by atoms with Gasteiger partial charge in [0.2, 0.25) is 0 Å². The maximum atomic E-state index is 14.4. The summed E-state index contributed by atoms with van der Waals surface area (Å²) in [5.41, 5.74) is 0.603. The molecule has 2 aromatic carbocycles. The molecule has 1 unspecified atom stereocenters. The molecule has 2 N–H and O–H groups in total. The standard InChI is InChI=1S/C19H20ClFN2O2/c20-14-7-5-8-15(21)18(14)16(23-10-3-4-11-23)12-22-19(25)13-6-1-2-9-17(13)24/h1-2,5-9,16,24H,3-4,10-12H2,(H,22,25). The zero-order valence-corrected chi connectivity index (χ0v) is 14.5. The van der Waals surface area contributed by atoms with Crippen molar-refractivity contribution >= 4 is 17.5 Å². The first-order valence-corrected chi connectivity index (χ1v) is 8.70.